The zero-order valence-corrected chi connectivity index (χ0v) is 17.3. The third kappa shape index (κ3) is 1.82. The molecule has 0 aromatic heterocycles. The van der Waals surface area contributed by atoms with E-state index in [-0.39, 0.29) is 11.0 Å². The third-order valence-electron chi connectivity index (χ3n) is 6.34. The van der Waals surface area contributed by atoms with Crippen molar-refractivity contribution in [2.75, 3.05) is 23.1 Å². The summed E-state index contributed by atoms with van der Waals surface area (Å²) in [7, 11) is 1.65. The molecular formula is C21H18N4O4S. The lowest BCUT2D eigenvalue weighted by Crippen LogP contribution is -2.61. The molecule has 0 N–H and O–H groups in total. The summed E-state index contributed by atoms with van der Waals surface area (Å²) >= 11 is 1.11. The molecular weight excluding hydrogens is 404 g/mol. The van der Waals surface area contributed by atoms with E-state index in [1.165, 1.54) is 16.7 Å². The number of para-hydroxylation sites is 2. The van der Waals surface area contributed by atoms with Crippen molar-refractivity contribution in [1.29, 1.82) is 0 Å². The maximum absolute atomic E-state index is 13.7. The van der Waals surface area contributed by atoms with E-state index < -0.39 is 28.0 Å². The number of rotatable bonds is 1. The van der Waals surface area contributed by atoms with Crippen LogP contribution in [0, 0.1) is 10.1 Å². The zero-order chi connectivity index (χ0) is 21.4. The first-order valence-corrected chi connectivity index (χ1v) is 10.6. The van der Waals surface area contributed by atoms with Crippen molar-refractivity contribution in [1.82, 2.24) is 0 Å². The van der Waals surface area contributed by atoms with Gasteiger partial charge in [0.05, 0.1) is 10.6 Å². The number of hydrogen-bond acceptors (Lipinski definition) is 6. The number of anilines is 2. The summed E-state index contributed by atoms with van der Waals surface area (Å²) in [6, 6.07) is 14.2. The highest BCUT2D eigenvalue weighted by molar-refractivity contribution is 8.13. The molecule has 2 aromatic rings. The van der Waals surface area contributed by atoms with E-state index in [4.69, 9.17) is 4.99 Å². The van der Waals surface area contributed by atoms with Crippen LogP contribution in [-0.4, -0.2) is 40.7 Å². The van der Waals surface area contributed by atoms with Gasteiger partial charge in [0, 0.05) is 25.2 Å². The predicted molar refractivity (Wildman–Crippen MR) is 115 cm³/mol. The van der Waals surface area contributed by atoms with Crippen molar-refractivity contribution in [3.8, 4) is 0 Å². The standard InChI is InChI=1S/C21H18N4O4S/c1-12(26)24-15-10-6-4-8-13(15)17-20(22-18(30-3)21(17,24)25(28)29)14-9-5-7-11-16(14)23(2)19(20)27/h4-11,17H,1-3H3/t17-,20+,21+/m0/s1. The van der Waals surface area contributed by atoms with E-state index in [9.17, 15) is 19.7 Å². The van der Waals surface area contributed by atoms with Gasteiger partial charge in [0.2, 0.25) is 5.91 Å². The number of fused-ring (bicyclic) bond motifs is 6. The predicted octanol–water partition coefficient (Wildman–Crippen LogP) is 2.76. The quantitative estimate of drug-likeness (QED) is 0.520. The van der Waals surface area contributed by atoms with Gasteiger partial charge in [-0.3, -0.25) is 24.7 Å². The van der Waals surface area contributed by atoms with Crippen LogP contribution in [-0.2, 0) is 15.1 Å². The molecule has 5 rings (SSSR count). The highest BCUT2D eigenvalue weighted by Gasteiger charge is 2.80. The Morgan fingerprint density at radius 3 is 2.43 bits per heavy atom. The van der Waals surface area contributed by atoms with Crippen LogP contribution in [0.4, 0.5) is 11.4 Å². The van der Waals surface area contributed by atoms with Crippen molar-refractivity contribution in [2.45, 2.75) is 24.0 Å². The molecule has 0 aliphatic carbocycles. The fraction of sp³-hybridized carbons (Fsp3) is 0.286. The van der Waals surface area contributed by atoms with Crippen molar-refractivity contribution in [3.63, 3.8) is 0 Å². The summed E-state index contributed by atoms with van der Waals surface area (Å²) < 4.78 is 0. The molecule has 1 spiro atoms. The molecule has 0 bridgehead atoms. The molecule has 0 unspecified atom stereocenters. The Morgan fingerprint density at radius 2 is 1.80 bits per heavy atom. The fourth-order valence-corrected chi connectivity index (χ4v) is 6.15. The van der Waals surface area contributed by atoms with Gasteiger partial charge in [-0.05, 0) is 24.0 Å². The normalized spacial score (nSPS) is 28.4. The average molecular weight is 422 g/mol. The summed E-state index contributed by atoms with van der Waals surface area (Å²) in [5.41, 5.74) is -1.15. The first-order valence-electron chi connectivity index (χ1n) is 9.39. The number of thioether (sulfide) groups is 1. The summed E-state index contributed by atoms with van der Waals surface area (Å²) in [4.78, 5) is 46.3. The third-order valence-corrected chi connectivity index (χ3v) is 7.11. The van der Waals surface area contributed by atoms with Crippen molar-refractivity contribution < 1.29 is 14.5 Å². The number of amides is 2. The van der Waals surface area contributed by atoms with E-state index in [0.717, 1.165) is 11.8 Å². The summed E-state index contributed by atoms with van der Waals surface area (Å²) in [5.74, 6) is -1.77. The van der Waals surface area contributed by atoms with Crippen LogP contribution >= 0.6 is 11.8 Å². The van der Waals surface area contributed by atoms with Gasteiger partial charge in [-0.15, -0.1) is 11.8 Å². The minimum Gasteiger partial charge on any atom is -0.313 e. The second kappa shape index (κ2) is 5.91. The Hall–Kier alpha value is -3.20. The maximum Gasteiger partial charge on any atom is 0.360 e. The molecule has 3 heterocycles. The molecule has 3 atom stereocenters. The molecule has 9 heteroatoms. The highest BCUT2D eigenvalue weighted by atomic mass is 32.2. The molecule has 3 aliphatic heterocycles. The number of nitrogens with zero attached hydrogens (tertiary/aromatic N) is 4. The Kier molecular flexibility index (Phi) is 3.71. The van der Waals surface area contributed by atoms with Crippen LogP contribution in [0.3, 0.4) is 0 Å². The SMILES string of the molecule is CSC1=N[C@@]2(C(=O)N(C)c3ccccc32)[C@@H]2c3ccccc3N(C(C)=O)[C@]12[N+](=O)[O-]. The summed E-state index contributed by atoms with van der Waals surface area (Å²) in [5, 5.41) is 12.9. The molecule has 0 fully saturated rings. The van der Waals surface area contributed by atoms with Crippen LogP contribution in [0.5, 0.6) is 0 Å². The van der Waals surface area contributed by atoms with Gasteiger partial charge in [0.1, 0.15) is 5.92 Å². The number of carbonyl (C=O) groups excluding carboxylic acids is 2. The molecule has 2 amide bonds. The summed E-state index contributed by atoms with van der Waals surface area (Å²) in [6.45, 7) is 1.31. The number of benzene rings is 2. The average Bonchev–Trinajstić information content (AvgIpc) is 3.29. The van der Waals surface area contributed by atoms with E-state index in [1.807, 2.05) is 12.1 Å². The molecule has 2 aromatic carbocycles. The van der Waals surface area contributed by atoms with Crippen LogP contribution in [0.2, 0.25) is 0 Å². The Balaban J connectivity index is 1.94. The van der Waals surface area contributed by atoms with Crippen LogP contribution < -0.4 is 9.80 Å². The molecule has 0 saturated heterocycles. The zero-order valence-electron chi connectivity index (χ0n) is 16.5. The fourth-order valence-electron chi connectivity index (χ4n) is 5.33. The largest absolute Gasteiger partial charge is 0.360 e. The number of likely N-dealkylation sites (N-methyl/N-ethyl adjacent to an activating group) is 1. The minimum atomic E-state index is -1.97. The lowest BCUT2D eigenvalue weighted by atomic mass is 9.73. The lowest BCUT2D eigenvalue weighted by molar-refractivity contribution is -0.546. The second-order valence-corrected chi connectivity index (χ2v) is 8.39. The number of nitro groups is 1. The van der Waals surface area contributed by atoms with Crippen LogP contribution in [0.15, 0.2) is 53.5 Å². The van der Waals surface area contributed by atoms with E-state index in [0.29, 0.717) is 22.5 Å². The molecule has 152 valence electrons. The molecule has 8 nitrogen and oxygen atoms in total. The van der Waals surface area contributed by atoms with E-state index in [2.05, 4.69) is 0 Å². The molecule has 30 heavy (non-hydrogen) atoms. The maximum atomic E-state index is 13.7. The van der Waals surface area contributed by atoms with E-state index >= 15 is 0 Å². The molecule has 3 aliphatic rings. The second-order valence-electron chi connectivity index (χ2n) is 7.60. The smallest absolute Gasteiger partial charge is 0.313 e. The topological polar surface area (TPSA) is 96.1 Å². The van der Waals surface area contributed by atoms with Gasteiger partial charge in [0.25, 0.3) is 5.91 Å². The van der Waals surface area contributed by atoms with Crippen LogP contribution in [0.1, 0.15) is 24.0 Å². The number of hydrogen-bond donors (Lipinski definition) is 0. The van der Waals surface area contributed by atoms with Crippen molar-refractivity contribution in [2.24, 2.45) is 4.99 Å². The van der Waals surface area contributed by atoms with Gasteiger partial charge < -0.3 is 4.90 Å². The van der Waals surface area contributed by atoms with Crippen molar-refractivity contribution in [3.05, 3.63) is 69.8 Å². The highest BCUT2D eigenvalue weighted by Crippen LogP contribution is 2.65. The first-order chi connectivity index (χ1) is 14.3. The van der Waals surface area contributed by atoms with Gasteiger partial charge in [-0.2, -0.15) is 0 Å². The minimum absolute atomic E-state index is 0.155. The Labute approximate surface area is 176 Å². The van der Waals surface area contributed by atoms with E-state index in [1.54, 1.807) is 49.7 Å². The van der Waals surface area contributed by atoms with Gasteiger partial charge in [-0.25, -0.2) is 4.90 Å². The Morgan fingerprint density at radius 1 is 1.17 bits per heavy atom. The summed E-state index contributed by atoms with van der Waals surface area (Å²) in [6.07, 6.45) is 1.69. The lowest BCUT2D eigenvalue weighted by Gasteiger charge is -2.33. The van der Waals surface area contributed by atoms with Gasteiger partial charge in [-0.1, -0.05) is 36.4 Å². The van der Waals surface area contributed by atoms with Gasteiger partial charge >= 0.3 is 5.66 Å². The van der Waals surface area contributed by atoms with Gasteiger partial charge in [0.15, 0.2) is 10.6 Å². The Bertz CT molecular complexity index is 1180. The number of aliphatic imine (C=N–C) groups is 1. The number of carbonyl (C=O) groups is 2. The molecule has 0 saturated carbocycles. The monoisotopic (exact) mass is 422 g/mol. The first kappa shape index (κ1) is 18.8. The molecule has 0 radical (unpaired) electrons. The van der Waals surface area contributed by atoms with Crippen LogP contribution in [0.25, 0.3) is 0 Å². The van der Waals surface area contributed by atoms with Crippen molar-refractivity contribution >= 4 is 40.0 Å².